The predicted octanol–water partition coefficient (Wildman–Crippen LogP) is 6.75. The maximum absolute atomic E-state index is 12.3. The van der Waals surface area contributed by atoms with Gasteiger partial charge in [0.1, 0.15) is 5.75 Å². The van der Waals surface area contributed by atoms with Crippen LogP contribution in [0.2, 0.25) is 0 Å². The van der Waals surface area contributed by atoms with Crippen molar-refractivity contribution in [3.8, 4) is 5.75 Å². The molecule has 0 heterocycles. The molecule has 0 aliphatic carbocycles. The van der Waals surface area contributed by atoms with Gasteiger partial charge in [0.25, 0.3) is 17.5 Å². The number of benzene rings is 2. The number of unbranched alkanes of at least 4 members (excludes halogenated alkanes) is 11. The first-order chi connectivity index (χ1) is 17.5. The molecule has 8 heteroatoms. The van der Waals surface area contributed by atoms with Crippen LogP contribution >= 0.6 is 0 Å². The normalized spacial score (nSPS) is 10.6. The number of ether oxygens (including phenoxy) is 1. The van der Waals surface area contributed by atoms with Crippen LogP contribution in [0, 0.1) is 10.1 Å². The van der Waals surface area contributed by atoms with Crippen LogP contribution in [0.3, 0.4) is 0 Å². The zero-order valence-corrected chi connectivity index (χ0v) is 21.3. The zero-order chi connectivity index (χ0) is 26.0. The van der Waals surface area contributed by atoms with Crippen molar-refractivity contribution in [3.05, 3.63) is 69.8 Å². The third-order valence-corrected chi connectivity index (χ3v) is 6.01. The van der Waals surface area contributed by atoms with E-state index in [1.54, 1.807) is 24.3 Å². The molecule has 2 N–H and O–H groups in total. The third kappa shape index (κ3) is 11.3. The molecule has 0 saturated heterocycles. The number of nitro groups is 1. The molecule has 0 aliphatic heterocycles. The minimum atomic E-state index is -0.569. The number of hydrogen-bond acceptors (Lipinski definition) is 5. The van der Waals surface area contributed by atoms with Gasteiger partial charge in [-0.1, -0.05) is 77.6 Å². The summed E-state index contributed by atoms with van der Waals surface area (Å²) in [4.78, 5) is 34.5. The largest absolute Gasteiger partial charge is 0.494 e. The highest BCUT2D eigenvalue weighted by Gasteiger charge is 2.11. The summed E-state index contributed by atoms with van der Waals surface area (Å²) >= 11 is 0. The average Bonchev–Trinajstić information content (AvgIpc) is 2.90. The summed E-state index contributed by atoms with van der Waals surface area (Å²) < 4.78 is 5.77. The van der Waals surface area contributed by atoms with E-state index in [1.165, 1.54) is 88.5 Å². The van der Waals surface area contributed by atoms with Gasteiger partial charge in [-0.2, -0.15) is 0 Å². The Morgan fingerprint density at radius 2 is 1.11 bits per heavy atom. The summed E-state index contributed by atoms with van der Waals surface area (Å²) in [5.74, 6) is -0.345. The van der Waals surface area contributed by atoms with Crippen LogP contribution in [0.4, 0.5) is 5.69 Å². The minimum absolute atomic E-state index is 0.114. The molecular weight excluding hydrogens is 458 g/mol. The number of non-ortho nitro benzene ring substituents is 1. The first-order valence-corrected chi connectivity index (χ1v) is 13.1. The highest BCUT2D eigenvalue weighted by molar-refractivity contribution is 5.99. The average molecular weight is 498 g/mol. The molecule has 0 aromatic heterocycles. The van der Waals surface area contributed by atoms with E-state index in [0.717, 1.165) is 12.8 Å². The van der Waals surface area contributed by atoms with Crippen molar-refractivity contribution in [2.45, 2.75) is 84.0 Å². The molecule has 0 saturated carbocycles. The second-order valence-corrected chi connectivity index (χ2v) is 8.97. The number of carbonyl (C=O) groups is 2. The van der Waals surface area contributed by atoms with Gasteiger partial charge in [0.15, 0.2) is 0 Å². The van der Waals surface area contributed by atoms with Crippen molar-refractivity contribution < 1.29 is 19.2 Å². The number of nitrogens with one attached hydrogen (secondary N) is 2. The second-order valence-electron chi connectivity index (χ2n) is 8.97. The molecule has 2 aromatic carbocycles. The maximum Gasteiger partial charge on any atom is 0.269 e. The van der Waals surface area contributed by atoms with Gasteiger partial charge in [-0.3, -0.25) is 30.6 Å². The lowest BCUT2D eigenvalue weighted by Gasteiger charge is -2.09. The second kappa shape index (κ2) is 17.1. The fraction of sp³-hybridized carbons (Fsp3) is 0.500. The molecule has 0 unspecified atom stereocenters. The predicted molar refractivity (Wildman–Crippen MR) is 141 cm³/mol. The lowest BCUT2D eigenvalue weighted by molar-refractivity contribution is -0.384. The fourth-order valence-corrected chi connectivity index (χ4v) is 3.83. The number of nitro benzene ring substituents is 1. The van der Waals surface area contributed by atoms with Crippen molar-refractivity contribution >= 4 is 17.5 Å². The molecule has 0 aliphatic rings. The van der Waals surface area contributed by atoms with Gasteiger partial charge < -0.3 is 4.74 Å². The number of rotatable bonds is 17. The Morgan fingerprint density at radius 1 is 0.694 bits per heavy atom. The molecule has 0 radical (unpaired) electrons. The van der Waals surface area contributed by atoms with Crippen LogP contribution in [0.5, 0.6) is 5.75 Å². The van der Waals surface area contributed by atoms with Crippen molar-refractivity contribution in [2.24, 2.45) is 0 Å². The van der Waals surface area contributed by atoms with Crippen LogP contribution in [-0.4, -0.2) is 23.3 Å². The van der Waals surface area contributed by atoms with Crippen molar-refractivity contribution in [2.75, 3.05) is 6.61 Å². The molecule has 0 atom stereocenters. The first-order valence-electron chi connectivity index (χ1n) is 13.1. The number of carbonyl (C=O) groups excluding carboxylic acids is 2. The highest BCUT2D eigenvalue weighted by atomic mass is 16.6. The standard InChI is InChI=1S/C28H39N3O5/c1-2-3-4-5-6-7-8-9-10-11-12-13-22-36-26-20-16-24(17-21-26)28(33)30-29-27(32)23-14-18-25(19-15-23)31(34)35/h14-21H,2-13,22H2,1H3,(H,29,32)(H,30,33). The van der Waals surface area contributed by atoms with Gasteiger partial charge in [-0.05, 0) is 42.8 Å². The molecule has 8 nitrogen and oxygen atoms in total. The maximum atomic E-state index is 12.3. The van der Waals surface area contributed by atoms with Crippen LogP contribution in [0.25, 0.3) is 0 Å². The molecule has 0 spiro atoms. The van der Waals surface area contributed by atoms with E-state index in [9.17, 15) is 19.7 Å². The topological polar surface area (TPSA) is 111 Å². The molecule has 2 aromatic rings. The molecule has 2 amide bonds. The van der Waals surface area contributed by atoms with E-state index in [1.807, 2.05) is 0 Å². The molecule has 2 rings (SSSR count). The van der Waals surface area contributed by atoms with Crippen LogP contribution in [0.1, 0.15) is 105 Å². The minimum Gasteiger partial charge on any atom is -0.494 e. The van der Waals surface area contributed by atoms with Gasteiger partial charge in [0, 0.05) is 23.3 Å². The van der Waals surface area contributed by atoms with Gasteiger partial charge in [-0.25, -0.2) is 0 Å². The summed E-state index contributed by atoms with van der Waals surface area (Å²) in [5.41, 5.74) is 5.09. The molecular formula is C28H39N3O5. The number of nitrogens with zero attached hydrogens (tertiary/aromatic N) is 1. The first kappa shape index (κ1) is 28.8. The smallest absolute Gasteiger partial charge is 0.269 e. The molecule has 0 fully saturated rings. The summed E-state index contributed by atoms with van der Waals surface area (Å²) in [6, 6.07) is 11.8. The molecule has 0 bridgehead atoms. The van der Waals surface area contributed by atoms with Crippen molar-refractivity contribution in [3.63, 3.8) is 0 Å². The molecule has 36 heavy (non-hydrogen) atoms. The lowest BCUT2D eigenvalue weighted by atomic mass is 10.1. The molecule has 196 valence electrons. The Balaban J connectivity index is 1.55. The van der Waals surface area contributed by atoms with Gasteiger partial charge in [0.2, 0.25) is 0 Å². The van der Waals surface area contributed by atoms with Crippen molar-refractivity contribution in [1.82, 2.24) is 10.9 Å². The summed E-state index contributed by atoms with van der Waals surface area (Å²) in [6.45, 7) is 2.90. The third-order valence-electron chi connectivity index (χ3n) is 6.01. The summed E-state index contributed by atoms with van der Waals surface area (Å²) in [7, 11) is 0. The summed E-state index contributed by atoms with van der Waals surface area (Å²) in [5, 5.41) is 10.7. The quantitative estimate of drug-likeness (QED) is 0.143. The van der Waals surface area contributed by atoms with E-state index in [4.69, 9.17) is 4.74 Å². The Bertz CT molecular complexity index is 929. The van der Waals surface area contributed by atoms with Crippen LogP contribution in [-0.2, 0) is 0 Å². The Labute approximate surface area is 213 Å². The van der Waals surface area contributed by atoms with Crippen LogP contribution in [0.15, 0.2) is 48.5 Å². The van der Waals surface area contributed by atoms with Gasteiger partial charge >= 0.3 is 0 Å². The highest BCUT2D eigenvalue weighted by Crippen LogP contribution is 2.15. The van der Waals surface area contributed by atoms with E-state index < -0.39 is 16.7 Å². The SMILES string of the molecule is CCCCCCCCCCCCCCOc1ccc(C(=O)NNC(=O)c2ccc([N+](=O)[O-])cc2)cc1. The van der Waals surface area contributed by atoms with E-state index in [-0.39, 0.29) is 11.3 Å². The van der Waals surface area contributed by atoms with E-state index >= 15 is 0 Å². The van der Waals surface area contributed by atoms with Gasteiger partial charge in [0.05, 0.1) is 11.5 Å². The summed E-state index contributed by atoms with van der Waals surface area (Å²) in [6.07, 6.45) is 15.6. The zero-order valence-electron chi connectivity index (χ0n) is 21.3. The van der Waals surface area contributed by atoms with Crippen molar-refractivity contribution in [1.29, 1.82) is 0 Å². The lowest BCUT2D eigenvalue weighted by Crippen LogP contribution is -2.41. The number of hydrazine groups is 1. The van der Waals surface area contributed by atoms with Gasteiger partial charge in [-0.15, -0.1) is 0 Å². The monoisotopic (exact) mass is 497 g/mol. The van der Waals surface area contributed by atoms with E-state index in [2.05, 4.69) is 17.8 Å². The Hall–Kier alpha value is -3.42. The number of hydrogen-bond donors (Lipinski definition) is 2. The number of amides is 2. The Morgan fingerprint density at radius 3 is 1.56 bits per heavy atom. The van der Waals surface area contributed by atoms with Crippen LogP contribution < -0.4 is 15.6 Å². The van der Waals surface area contributed by atoms with E-state index in [0.29, 0.717) is 17.9 Å². The Kier molecular flexibility index (Phi) is 13.7. The fourth-order valence-electron chi connectivity index (χ4n) is 3.83.